The fraction of sp³-hybridized carbons (Fsp3) is 0.688. The van der Waals surface area contributed by atoms with E-state index in [0.29, 0.717) is 19.6 Å². The van der Waals surface area contributed by atoms with E-state index in [0.717, 1.165) is 30.7 Å². The number of thiophene rings is 1. The lowest BCUT2D eigenvalue weighted by atomic mass is 10.1. The van der Waals surface area contributed by atoms with Gasteiger partial charge in [0, 0.05) is 17.5 Å². The summed E-state index contributed by atoms with van der Waals surface area (Å²) in [5, 5.41) is 12.3. The van der Waals surface area contributed by atoms with Crippen molar-refractivity contribution >= 4 is 17.2 Å². The Morgan fingerprint density at radius 3 is 2.95 bits per heavy atom. The van der Waals surface area contributed by atoms with Crippen LogP contribution >= 0.6 is 11.3 Å². The lowest BCUT2D eigenvalue weighted by Gasteiger charge is -2.29. The van der Waals surface area contributed by atoms with Crippen molar-refractivity contribution in [2.45, 2.75) is 50.5 Å². The van der Waals surface area contributed by atoms with Crippen LogP contribution in [0.1, 0.15) is 43.1 Å². The number of ether oxygens (including phenoxy) is 2. The molecule has 2 aliphatic heterocycles. The summed E-state index contributed by atoms with van der Waals surface area (Å²) < 4.78 is 10.9. The third-order valence-corrected chi connectivity index (χ3v) is 5.28. The minimum Gasteiger partial charge on any atom is -0.387 e. The van der Waals surface area contributed by atoms with E-state index in [1.807, 2.05) is 22.4 Å². The Bertz CT molecular complexity index is 473. The second kappa shape index (κ2) is 7.55. The molecule has 0 aliphatic carbocycles. The van der Waals surface area contributed by atoms with Gasteiger partial charge in [-0.25, -0.2) is 0 Å². The Morgan fingerprint density at radius 2 is 2.23 bits per heavy atom. The van der Waals surface area contributed by atoms with Crippen molar-refractivity contribution in [1.82, 2.24) is 4.90 Å². The van der Waals surface area contributed by atoms with Crippen LogP contribution in [-0.4, -0.2) is 48.0 Å². The molecule has 6 heteroatoms. The molecule has 2 saturated heterocycles. The van der Waals surface area contributed by atoms with Crippen molar-refractivity contribution in [2.75, 3.05) is 19.8 Å². The second-order valence-corrected chi connectivity index (χ2v) is 6.86. The van der Waals surface area contributed by atoms with Gasteiger partial charge in [-0.15, -0.1) is 11.3 Å². The maximum atomic E-state index is 12.5. The maximum Gasteiger partial charge on any atom is 0.227 e. The molecule has 3 heterocycles. The van der Waals surface area contributed by atoms with E-state index in [2.05, 4.69) is 0 Å². The molecule has 0 bridgehead atoms. The van der Waals surface area contributed by atoms with E-state index < -0.39 is 12.4 Å². The van der Waals surface area contributed by atoms with E-state index in [4.69, 9.17) is 9.47 Å². The van der Waals surface area contributed by atoms with E-state index >= 15 is 0 Å². The van der Waals surface area contributed by atoms with Gasteiger partial charge < -0.3 is 19.5 Å². The van der Waals surface area contributed by atoms with E-state index in [1.165, 1.54) is 0 Å². The van der Waals surface area contributed by atoms with Crippen molar-refractivity contribution in [1.29, 1.82) is 0 Å². The van der Waals surface area contributed by atoms with Gasteiger partial charge in [0.2, 0.25) is 5.91 Å². The average molecular weight is 325 g/mol. The van der Waals surface area contributed by atoms with Crippen LogP contribution < -0.4 is 0 Å². The highest BCUT2D eigenvalue weighted by Crippen LogP contribution is 2.30. The van der Waals surface area contributed by atoms with Gasteiger partial charge >= 0.3 is 0 Å². The summed E-state index contributed by atoms with van der Waals surface area (Å²) in [4.78, 5) is 15.4. The molecule has 0 unspecified atom stereocenters. The summed E-state index contributed by atoms with van der Waals surface area (Å²) in [6.45, 7) is 2.10. The molecule has 0 spiro atoms. The van der Waals surface area contributed by atoms with E-state index in [1.54, 1.807) is 11.3 Å². The summed E-state index contributed by atoms with van der Waals surface area (Å²) in [7, 11) is 0. The molecule has 5 nitrogen and oxygen atoms in total. The molecule has 22 heavy (non-hydrogen) atoms. The fourth-order valence-corrected chi connectivity index (χ4v) is 3.90. The summed E-state index contributed by atoms with van der Waals surface area (Å²) >= 11 is 1.56. The smallest absolute Gasteiger partial charge is 0.227 e. The van der Waals surface area contributed by atoms with Crippen LogP contribution in [-0.2, 0) is 14.3 Å². The first kappa shape index (κ1) is 15.9. The van der Waals surface area contributed by atoms with Crippen molar-refractivity contribution in [2.24, 2.45) is 0 Å². The number of rotatable bonds is 5. The van der Waals surface area contributed by atoms with Crippen LogP contribution in [0.2, 0.25) is 0 Å². The van der Waals surface area contributed by atoms with Gasteiger partial charge in [-0.3, -0.25) is 4.79 Å². The predicted molar refractivity (Wildman–Crippen MR) is 83.6 cm³/mol. The standard InChI is InChI=1S/C16H23NO4S/c18-13(14-5-2-9-22-14)10-12-4-1-6-17(12)15(19)11-16-20-7-3-8-21-16/h2,5,9,12-13,16,18H,1,3-4,6-8,10-11H2/t12-,13+/m1/s1. The first-order valence-electron chi connectivity index (χ1n) is 7.98. The maximum absolute atomic E-state index is 12.5. The molecule has 2 atom stereocenters. The Kier molecular flexibility index (Phi) is 5.46. The number of aliphatic hydroxyl groups is 1. The highest BCUT2D eigenvalue weighted by Gasteiger charge is 2.32. The number of carbonyl (C=O) groups excluding carboxylic acids is 1. The highest BCUT2D eigenvalue weighted by atomic mass is 32.1. The quantitative estimate of drug-likeness (QED) is 0.902. The van der Waals surface area contributed by atoms with Crippen molar-refractivity contribution in [3.8, 4) is 0 Å². The van der Waals surface area contributed by atoms with Crippen LogP contribution in [0.3, 0.4) is 0 Å². The number of likely N-dealkylation sites (tertiary alicyclic amines) is 1. The third kappa shape index (κ3) is 3.87. The molecule has 1 aromatic rings. The van der Waals surface area contributed by atoms with Crippen LogP contribution in [0.15, 0.2) is 17.5 Å². The van der Waals surface area contributed by atoms with Gasteiger partial charge in [-0.05, 0) is 37.1 Å². The number of amides is 1. The molecule has 2 fully saturated rings. The molecule has 0 saturated carbocycles. The number of aliphatic hydroxyl groups excluding tert-OH is 1. The van der Waals surface area contributed by atoms with Crippen LogP contribution in [0.25, 0.3) is 0 Å². The van der Waals surface area contributed by atoms with Crippen LogP contribution in [0, 0.1) is 0 Å². The Morgan fingerprint density at radius 1 is 1.41 bits per heavy atom. The summed E-state index contributed by atoms with van der Waals surface area (Å²) in [5.74, 6) is 0.0766. The summed E-state index contributed by atoms with van der Waals surface area (Å²) in [6, 6.07) is 4.01. The van der Waals surface area contributed by atoms with Gasteiger partial charge in [-0.1, -0.05) is 6.07 Å². The number of nitrogens with zero attached hydrogens (tertiary/aromatic N) is 1. The third-order valence-electron chi connectivity index (χ3n) is 4.30. The van der Waals surface area contributed by atoms with Gasteiger partial charge in [0.05, 0.1) is 25.7 Å². The normalized spacial score (nSPS) is 24.6. The monoisotopic (exact) mass is 325 g/mol. The van der Waals surface area contributed by atoms with Crippen LogP contribution in [0.4, 0.5) is 0 Å². The second-order valence-electron chi connectivity index (χ2n) is 5.88. The fourth-order valence-electron chi connectivity index (χ4n) is 3.18. The van der Waals surface area contributed by atoms with E-state index in [9.17, 15) is 9.90 Å². The highest BCUT2D eigenvalue weighted by molar-refractivity contribution is 7.10. The number of hydrogen-bond acceptors (Lipinski definition) is 5. The lowest BCUT2D eigenvalue weighted by Crippen LogP contribution is -2.39. The SMILES string of the molecule is O=C(CC1OCCCO1)N1CCC[C@@H]1C[C@H](O)c1cccs1. The molecule has 3 rings (SSSR count). The van der Waals surface area contributed by atoms with Gasteiger partial charge in [0.15, 0.2) is 6.29 Å². The molecule has 2 aliphatic rings. The molecule has 1 amide bonds. The number of hydrogen-bond donors (Lipinski definition) is 1. The molecule has 0 radical (unpaired) electrons. The van der Waals surface area contributed by atoms with Crippen molar-refractivity contribution in [3.63, 3.8) is 0 Å². The molecular weight excluding hydrogens is 302 g/mol. The van der Waals surface area contributed by atoms with Gasteiger partial charge in [0.25, 0.3) is 0 Å². The Balaban J connectivity index is 1.54. The minimum absolute atomic E-state index is 0.0766. The average Bonchev–Trinajstić information content (AvgIpc) is 3.19. The van der Waals surface area contributed by atoms with E-state index in [-0.39, 0.29) is 18.4 Å². The Labute approximate surface area is 134 Å². The predicted octanol–water partition coefficient (Wildman–Crippen LogP) is 2.32. The molecule has 0 aromatic carbocycles. The first-order valence-corrected chi connectivity index (χ1v) is 8.86. The lowest BCUT2D eigenvalue weighted by molar-refractivity contribution is -0.187. The molecule has 1 aromatic heterocycles. The Hall–Kier alpha value is -0.950. The first-order chi connectivity index (χ1) is 10.7. The summed E-state index contributed by atoms with van der Waals surface area (Å²) in [5.41, 5.74) is 0. The molecule has 1 N–H and O–H groups in total. The van der Waals surface area contributed by atoms with Gasteiger partial charge in [0.1, 0.15) is 0 Å². The summed E-state index contributed by atoms with van der Waals surface area (Å²) in [6.07, 6.45) is 2.86. The number of carbonyl (C=O) groups is 1. The largest absolute Gasteiger partial charge is 0.387 e. The van der Waals surface area contributed by atoms with Crippen molar-refractivity contribution in [3.05, 3.63) is 22.4 Å². The molecule has 122 valence electrons. The molecular formula is C16H23NO4S. The minimum atomic E-state index is -0.486. The van der Waals surface area contributed by atoms with Crippen molar-refractivity contribution < 1.29 is 19.4 Å². The van der Waals surface area contributed by atoms with Gasteiger partial charge in [-0.2, -0.15) is 0 Å². The topological polar surface area (TPSA) is 59.0 Å². The zero-order chi connectivity index (χ0) is 15.4. The van der Waals surface area contributed by atoms with Crippen LogP contribution in [0.5, 0.6) is 0 Å². The zero-order valence-electron chi connectivity index (χ0n) is 12.6. The zero-order valence-corrected chi connectivity index (χ0v) is 13.5.